The number of halogens is 2. The van der Waals surface area contributed by atoms with Gasteiger partial charge in [0.05, 0.1) is 5.02 Å². The van der Waals surface area contributed by atoms with Crippen LogP contribution in [0, 0.1) is 0 Å². The van der Waals surface area contributed by atoms with E-state index in [4.69, 9.17) is 27.9 Å². The molecule has 0 saturated carbocycles. The second kappa shape index (κ2) is 7.88. The Morgan fingerprint density at radius 1 is 1.28 bits per heavy atom. The first-order valence-electron chi connectivity index (χ1n) is 6.38. The van der Waals surface area contributed by atoms with Gasteiger partial charge in [-0.2, -0.15) is 0 Å². The molecule has 4 heteroatoms. The lowest BCUT2D eigenvalue weighted by atomic mass is 10.2. The third kappa shape index (κ3) is 5.05. The highest BCUT2D eigenvalue weighted by molar-refractivity contribution is 6.42. The molecular weight excluding hydrogens is 269 g/mol. The normalized spacial score (nSPS) is 14.3. The molecule has 0 amide bonds. The summed E-state index contributed by atoms with van der Waals surface area (Å²) in [6, 6.07) is 5.93. The number of hydrogen-bond donors (Lipinski definition) is 1. The van der Waals surface area contributed by atoms with Gasteiger partial charge in [0.15, 0.2) is 0 Å². The van der Waals surface area contributed by atoms with Gasteiger partial charge in [0, 0.05) is 12.6 Å². The van der Waals surface area contributed by atoms with Gasteiger partial charge in [0.1, 0.15) is 16.9 Å². The molecule has 2 unspecified atom stereocenters. The van der Waals surface area contributed by atoms with Crippen LogP contribution in [0.25, 0.3) is 0 Å². The van der Waals surface area contributed by atoms with Gasteiger partial charge >= 0.3 is 0 Å². The Morgan fingerprint density at radius 2 is 2.00 bits per heavy atom. The van der Waals surface area contributed by atoms with E-state index in [2.05, 4.69) is 19.2 Å². The molecule has 1 aromatic carbocycles. The van der Waals surface area contributed by atoms with Crippen LogP contribution >= 0.6 is 23.2 Å². The van der Waals surface area contributed by atoms with Crippen LogP contribution < -0.4 is 10.1 Å². The lowest BCUT2D eigenvalue weighted by molar-refractivity contribution is 0.211. The van der Waals surface area contributed by atoms with Crippen molar-refractivity contribution in [2.45, 2.75) is 45.8 Å². The lowest BCUT2D eigenvalue weighted by Crippen LogP contribution is -2.35. The molecule has 0 saturated heterocycles. The van der Waals surface area contributed by atoms with E-state index in [-0.39, 0.29) is 6.10 Å². The van der Waals surface area contributed by atoms with Crippen molar-refractivity contribution in [1.29, 1.82) is 0 Å². The largest absolute Gasteiger partial charge is 0.488 e. The topological polar surface area (TPSA) is 21.3 Å². The molecule has 0 bridgehead atoms. The van der Waals surface area contributed by atoms with E-state index in [1.54, 1.807) is 6.07 Å². The molecule has 0 heterocycles. The van der Waals surface area contributed by atoms with Crippen LogP contribution in [0.15, 0.2) is 18.2 Å². The summed E-state index contributed by atoms with van der Waals surface area (Å²) in [5.41, 5.74) is 0. The van der Waals surface area contributed by atoms with Crippen molar-refractivity contribution in [2.24, 2.45) is 0 Å². The molecule has 1 N–H and O–H groups in total. The van der Waals surface area contributed by atoms with E-state index in [1.807, 2.05) is 19.1 Å². The van der Waals surface area contributed by atoms with E-state index >= 15 is 0 Å². The second-order valence-corrected chi connectivity index (χ2v) is 5.36. The van der Waals surface area contributed by atoms with Crippen molar-refractivity contribution in [3.8, 4) is 5.75 Å². The Bertz CT molecular complexity index is 371. The summed E-state index contributed by atoms with van der Waals surface area (Å²) >= 11 is 12.0. The van der Waals surface area contributed by atoms with Gasteiger partial charge in [-0.05, 0) is 32.4 Å². The van der Waals surface area contributed by atoms with Crippen LogP contribution in [0.5, 0.6) is 5.75 Å². The summed E-state index contributed by atoms with van der Waals surface area (Å²) in [7, 11) is 0. The number of hydrogen-bond acceptors (Lipinski definition) is 2. The van der Waals surface area contributed by atoms with Crippen LogP contribution in [0.3, 0.4) is 0 Å². The highest BCUT2D eigenvalue weighted by Gasteiger charge is 2.10. The molecule has 0 aromatic heterocycles. The predicted molar refractivity (Wildman–Crippen MR) is 78.9 cm³/mol. The fourth-order valence-corrected chi connectivity index (χ4v) is 2.07. The zero-order valence-electron chi connectivity index (χ0n) is 11.2. The zero-order chi connectivity index (χ0) is 13.5. The molecule has 1 rings (SSSR count). The van der Waals surface area contributed by atoms with E-state index in [1.165, 1.54) is 12.8 Å². The second-order valence-electron chi connectivity index (χ2n) is 4.58. The Labute approximate surface area is 120 Å². The molecule has 2 atom stereocenters. The minimum atomic E-state index is 0.0558. The van der Waals surface area contributed by atoms with Crippen LogP contribution in [-0.2, 0) is 0 Å². The molecule has 0 aliphatic heterocycles. The maximum Gasteiger partial charge on any atom is 0.139 e. The fraction of sp³-hybridized carbons (Fsp3) is 0.571. The predicted octanol–water partition coefficient (Wildman–Crippen LogP) is 4.54. The summed E-state index contributed by atoms with van der Waals surface area (Å²) in [6.07, 6.45) is 2.41. The third-order valence-corrected chi connectivity index (χ3v) is 3.52. The van der Waals surface area contributed by atoms with Crippen LogP contribution in [0.1, 0.15) is 33.6 Å². The van der Waals surface area contributed by atoms with Gasteiger partial charge in [-0.3, -0.25) is 0 Å². The molecule has 2 nitrogen and oxygen atoms in total. The summed E-state index contributed by atoms with van der Waals surface area (Å²) in [4.78, 5) is 0. The zero-order valence-corrected chi connectivity index (χ0v) is 12.7. The van der Waals surface area contributed by atoms with Crippen molar-refractivity contribution in [3.05, 3.63) is 28.2 Å². The van der Waals surface area contributed by atoms with Crippen molar-refractivity contribution in [1.82, 2.24) is 5.32 Å². The van der Waals surface area contributed by atoms with Crippen molar-refractivity contribution in [2.75, 3.05) is 6.54 Å². The first-order valence-corrected chi connectivity index (χ1v) is 7.14. The molecule has 0 spiro atoms. The smallest absolute Gasteiger partial charge is 0.139 e. The van der Waals surface area contributed by atoms with Gasteiger partial charge in [-0.15, -0.1) is 0 Å². The first-order chi connectivity index (χ1) is 8.54. The average Bonchev–Trinajstić information content (AvgIpc) is 2.33. The lowest BCUT2D eigenvalue weighted by Gasteiger charge is -2.19. The molecule has 1 aromatic rings. The van der Waals surface area contributed by atoms with E-state index in [0.29, 0.717) is 21.8 Å². The monoisotopic (exact) mass is 289 g/mol. The van der Waals surface area contributed by atoms with Crippen molar-refractivity contribution < 1.29 is 4.74 Å². The Hall–Kier alpha value is -0.440. The Balaban J connectivity index is 2.44. The Kier molecular flexibility index (Phi) is 6.83. The summed E-state index contributed by atoms with van der Waals surface area (Å²) in [6.45, 7) is 7.18. The SMILES string of the molecule is CCCC(C)NCC(C)Oc1cccc(Cl)c1Cl. The van der Waals surface area contributed by atoms with Crippen molar-refractivity contribution in [3.63, 3.8) is 0 Å². The molecular formula is C14H21Cl2NO. The van der Waals surface area contributed by atoms with Crippen molar-refractivity contribution >= 4 is 23.2 Å². The summed E-state index contributed by atoms with van der Waals surface area (Å²) in [5.74, 6) is 0.640. The number of benzene rings is 1. The Morgan fingerprint density at radius 3 is 2.67 bits per heavy atom. The van der Waals surface area contributed by atoms with Gasteiger partial charge in [0.2, 0.25) is 0 Å². The highest BCUT2D eigenvalue weighted by Crippen LogP contribution is 2.31. The third-order valence-electron chi connectivity index (χ3n) is 2.72. The fourth-order valence-electron chi connectivity index (χ4n) is 1.74. The quantitative estimate of drug-likeness (QED) is 0.796. The molecule has 18 heavy (non-hydrogen) atoms. The van der Waals surface area contributed by atoms with E-state index in [9.17, 15) is 0 Å². The molecule has 0 radical (unpaired) electrons. The minimum absolute atomic E-state index is 0.0558. The summed E-state index contributed by atoms with van der Waals surface area (Å²) in [5, 5.41) is 4.44. The van der Waals surface area contributed by atoms with Crippen LogP contribution in [-0.4, -0.2) is 18.7 Å². The average molecular weight is 290 g/mol. The van der Waals surface area contributed by atoms with Crippen LogP contribution in [0.2, 0.25) is 10.0 Å². The molecule has 0 fully saturated rings. The first kappa shape index (κ1) is 15.6. The number of rotatable bonds is 7. The van der Waals surface area contributed by atoms with Gasteiger partial charge < -0.3 is 10.1 Å². The number of nitrogens with one attached hydrogen (secondary N) is 1. The van der Waals surface area contributed by atoms with E-state index in [0.717, 1.165) is 6.54 Å². The number of ether oxygens (including phenoxy) is 1. The van der Waals surface area contributed by atoms with Crippen LogP contribution in [0.4, 0.5) is 0 Å². The van der Waals surface area contributed by atoms with E-state index < -0.39 is 0 Å². The molecule has 0 aliphatic rings. The van der Waals surface area contributed by atoms with Gasteiger partial charge in [-0.25, -0.2) is 0 Å². The minimum Gasteiger partial charge on any atom is -0.488 e. The van der Waals surface area contributed by atoms with Gasteiger partial charge in [-0.1, -0.05) is 42.6 Å². The van der Waals surface area contributed by atoms with Gasteiger partial charge in [0.25, 0.3) is 0 Å². The maximum atomic E-state index is 6.07. The maximum absolute atomic E-state index is 6.07. The summed E-state index contributed by atoms with van der Waals surface area (Å²) < 4.78 is 5.78. The standard InChI is InChI=1S/C14H21Cl2NO/c1-4-6-10(2)17-9-11(3)18-13-8-5-7-12(15)14(13)16/h5,7-8,10-11,17H,4,6,9H2,1-3H3. The highest BCUT2D eigenvalue weighted by atomic mass is 35.5. The molecule has 102 valence electrons. The molecule has 0 aliphatic carbocycles.